The molecule has 0 saturated carbocycles. The van der Waals surface area contributed by atoms with E-state index >= 15 is 0 Å². The molecule has 0 atom stereocenters. The number of aryl methyl sites for hydroxylation is 1. The molecule has 0 saturated heterocycles. The lowest BCUT2D eigenvalue weighted by Crippen LogP contribution is -2.25. The molecule has 37 heavy (non-hydrogen) atoms. The van der Waals surface area contributed by atoms with Gasteiger partial charge >= 0.3 is 0 Å². The summed E-state index contributed by atoms with van der Waals surface area (Å²) < 4.78 is 37.9. The molecule has 10 heteroatoms. The smallest absolute Gasteiger partial charge is 0.273 e. The summed E-state index contributed by atoms with van der Waals surface area (Å²) in [6, 6.07) is 17.1. The number of hydrogen-bond acceptors (Lipinski definition) is 6. The van der Waals surface area contributed by atoms with Gasteiger partial charge < -0.3 is 19.8 Å². The van der Waals surface area contributed by atoms with E-state index in [2.05, 4.69) is 20.5 Å². The second-order valence-corrected chi connectivity index (χ2v) is 8.10. The number of ether oxygens (including phenoxy) is 2. The fourth-order valence-electron chi connectivity index (χ4n) is 3.48. The number of aromatic nitrogens is 3. The molecule has 0 bridgehead atoms. The van der Waals surface area contributed by atoms with Crippen molar-refractivity contribution in [2.24, 2.45) is 0 Å². The van der Waals surface area contributed by atoms with E-state index in [0.29, 0.717) is 22.6 Å². The quantitative estimate of drug-likeness (QED) is 0.338. The van der Waals surface area contributed by atoms with E-state index in [9.17, 15) is 18.4 Å². The molecule has 0 fully saturated rings. The first-order valence-corrected chi connectivity index (χ1v) is 11.4. The highest BCUT2D eigenvalue weighted by atomic mass is 19.1. The van der Waals surface area contributed by atoms with Crippen molar-refractivity contribution in [2.45, 2.75) is 26.0 Å². The van der Waals surface area contributed by atoms with Crippen molar-refractivity contribution < 1.29 is 23.0 Å². The molecule has 4 aromatic rings. The molecule has 0 aliphatic heterocycles. The monoisotopic (exact) mass is 506 g/mol. The Morgan fingerprint density at radius 2 is 1.78 bits per heavy atom. The Balaban J connectivity index is 1.37. The minimum absolute atomic E-state index is 0.0190. The number of hydrogen-bond donors (Lipinski definition) is 2. The highest BCUT2D eigenvalue weighted by Crippen LogP contribution is 2.31. The van der Waals surface area contributed by atoms with Crippen molar-refractivity contribution in [1.82, 2.24) is 20.5 Å². The lowest BCUT2D eigenvalue weighted by Gasteiger charge is -2.12. The molecule has 2 N–H and O–H groups in total. The maximum Gasteiger partial charge on any atom is 0.273 e. The summed E-state index contributed by atoms with van der Waals surface area (Å²) in [4.78, 5) is 27.3. The molecule has 0 aliphatic rings. The third kappa shape index (κ3) is 6.75. The fourth-order valence-corrected chi connectivity index (χ4v) is 3.48. The first kappa shape index (κ1) is 25.5. The van der Waals surface area contributed by atoms with Gasteiger partial charge in [0, 0.05) is 30.5 Å². The summed E-state index contributed by atoms with van der Waals surface area (Å²) >= 11 is 0. The van der Waals surface area contributed by atoms with Gasteiger partial charge in [-0.15, -0.1) is 10.2 Å². The topological polar surface area (TPSA) is 106 Å². The molecule has 1 amide bonds. The average molecular weight is 507 g/mol. The molecule has 0 spiro atoms. The zero-order valence-electron chi connectivity index (χ0n) is 20.0. The molecule has 1 aromatic heterocycles. The molecular weight excluding hydrogens is 482 g/mol. The van der Waals surface area contributed by atoms with Gasteiger partial charge in [0.2, 0.25) is 5.91 Å². The van der Waals surface area contributed by atoms with Gasteiger partial charge in [0.25, 0.3) is 5.56 Å². The Labute approximate surface area is 211 Å². The molecule has 3 aromatic carbocycles. The number of H-pyrrole nitrogens is 1. The van der Waals surface area contributed by atoms with Gasteiger partial charge in [-0.1, -0.05) is 30.3 Å². The number of amides is 1. The van der Waals surface area contributed by atoms with Gasteiger partial charge in [-0.2, -0.15) is 0 Å². The number of aromatic amines is 1. The third-order valence-corrected chi connectivity index (χ3v) is 5.53. The standard InChI is InChI=1S/C27H24F2N4O4/c1-36-24-14-18(8-12-23(24)37-16-19-4-2-3-5-21(19)29)26-31-27(35)22(32-33-26)11-13-25(34)30-15-17-6-9-20(28)10-7-17/h2-10,12,14H,11,13,15-16H2,1H3,(H,30,34)(H,31,33,35). The van der Waals surface area contributed by atoms with Gasteiger partial charge in [-0.25, -0.2) is 8.78 Å². The van der Waals surface area contributed by atoms with Crippen molar-refractivity contribution in [1.29, 1.82) is 0 Å². The zero-order valence-corrected chi connectivity index (χ0v) is 20.0. The number of carbonyl (C=O) groups is 1. The summed E-state index contributed by atoms with van der Waals surface area (Å²) in [6.45, 7) is 0.271. The van der Waals surface area contributed by atoms with E-state index in [1.54, 1.807) is 48.5 Å². The van der Waals surface area contributed by atoms with Crippen LogP contribution in [0, 0.1) is 11.6 Å². The van der Waals surface area contributed by atoms with Crippen LogP contribution >= 0.6 is 0 Å². The van der Waals surface area contributed by atoms with Crippen LogP contribution in [0.25, 0.3) is 11.4 Å². The number of methoxy groups -OCH3 is 1. The number of rotatable bonds is 10. The minimum atomic E-state index is -0.463. The van der Waals surface area contributed by atoms with Crippen LogP contribution in [0.3, 0.4) is 0 Å². The van der Waals surface area contributed by atoms with Crippen LogP contribution < -0.4 is 20.3 Å². The fraction of sp³-hybridized carbons (Fsp3) is 0.185. The van der Waals surface area contributed by atoms with Crippen molar-refractivity contribution in [3.8, 4) is 22.9 Å². The Bertz CT molecular complexity index is 1440. The van der Waals surface area contributed by atoms with Crippen molar-refractivity contribution >= 4 is 5.91 Å². The number of nitrogens with zero attached hydrogens (tertiary/aromatic N) is 2. The second-order valence-electron chi connectivity index (χ2n) is 8.10. The third-order valence-electron chi connectivity index (χ3n) is 5.53. The highest BCUT2D eigenvalue weighted by molar-refractivity contribution is 5.76. The normalized spacial score (nSPS) is 10.7. The van der Waals surface area contributed by atoms with Crippen LogP contribution in [-0.2, 0) is 24.4 Å². The second kappa shape index (κ2) is 11.9. The molecular formula is C27H24F2N4O4. The first-order chi connectivity index (χ1) is 17.9. The van der Waals surface area contributed by atoms with Crippen LogP contribution in [0.2, 0.25) is 0 Å². The van der Waals surface area contributed by atoms with E-state index < -0.39 is 5.56 Å². The minimum Gasteiger partial charge on any atom is -0.493 e. The molecule has 190 valence electrons. The Morgan fingerprint density at radius 3 is 2.51 bits per heavy atom. The van der Waals surface area contributed by atoms with E-state index in [1.807, 2.05) is 0 Å². The van der Waals surface area contributed by atoms with Crippen LogP contribution in [0.4, 0.5) is 8.78 Å². The summed E-state index contributed by atoms with van der Waals surface area (Å²) in [5.74, 6) is 0.000387. The number of halogens is 2. The average Bonchev–Trinajstić information content (AvgIpc) is 2.91. The predicted octanol–water partition coefficient (Wildman–Crippen LogP) is 3.95. The van der Waals surface area contributed by atoms with Gasteiger partial charge in [-0.3, -0.25) is 9.59 Å². The number of carbonyl (C=O) groups excluding carboxylic acids is 1. The lowest BCUT2D eigenvalue weighted by atomic mass is 10.1. The zero-order chi connectivity index (χ0) is 26.2. The SMILES string of the molecule is COc1cc(-c2nnc(CCC(=O)NCc3ccc(F)cc3)c(=O)[nH]2)ccc1OCc1ccccc1F. The molecule has 0 aliphatic carbocycles. The van der Waals surface area contributed by atoms with Crippen LogP contribution in [0.5, 0.6) is 11.5 Å². The summed E-state index contributed by atoms with van der Waals surface area (Å²) in [7, 11) is 1.47. The first-order valence-electron chi connectivity index (χ1n) is 11.4. The maximum absolute atomic E-state index is 13.9. The lowest BCUT2D eigenvalue weighted by molar-refractivity contribution is -0.121. The number of benzene rings is 3. The van der Waals surface area contributed by atoms with Gasteiger partial charge in [-0.05, 0) is 42.0 Å². The molecule has 0 radical (unpaired) electrons. The van der Waals surface area contributed by atoms with E-state index in [1.165, 1.54) is 25.3 Å². The molecule has 0 unspecified atom stereocenters. The van der Waals surface area contributed by atoms with Crippen molar-refractivity contribution in [2.75, 3.05) is 7.11 Å². The largest absolute Gasteiger partial charge is 0.493 e. The summed E-state index contributed by atoms with van der Waals surface area (Å²) in [6.07, 6.45) is 0.143. The molecule has 4 rings (SSSR count). The van der Waals surface area contributed by atoms with Gasteiger partial charge in [0.15, 0.2) is 17.3 Å². The van der Waals surface area contributed by atoms with Crippen molar-refractivity contribution in [3.63, 3.8) is 0 Å². The summed E-state index contributed by atoms with van der Waals surface area (Å²) in [5.41, 5.74) is 1.36. The Hall–Kier alpha value is -4.60. The highest BCUT2D eigenvalue weighted by Gasteiger charge is 2.13. The maximum atomic E-state index is 13.9. The van der Waals surface area contributed by atoms with Gasteiger partial charge in [0.05, 0.1) is 7.11 Å². The van der Waals surface area contributed by atoms with Crippen molar-refractivity contribution in [3.05, 3.63) is 106 Å². The predicted molar refractivity (Wildman–Crippen MR) is 132 cm³/mol. The number of nitrogens with one attached hydrogen (secondary N) is 2. The van der Waals surface area contributed by atoms with Crippen LogP contribution in [0.1, 0.15) is 23.2 Å². The van der Waals surface area contributed by atoms with Gasteiger partial charge in [0.1, 0.15) is 23.9 Å². The molecule has 1 heterocycles. The summed E-state index contributed by atoms with van der Waals surface area (Å²) in [5, 5.41) is 10.8. The van der Waals surface area contributed by atoms with E-state index in [4.69, 9.17) is 9.47 Å². The van der Waals surface area contributed by atoms with Crippen LogP contribution in [-0.4, -0.2) is 28.2 Å². The van der Waals surface area contributed by atoms with Crippen LogP contribution in [0.15, 0.2) is 71.5 Å². The van der Waals surface area contributed by atoms with E-state index in [0.717, 1.165) is 5.56 Å². The Kier molecular flexibility index (Phi) is 8.19. The Morgan fingerprint density at radius 1 is 1.00 bits per heavy atom. The van der Waals surface area contributed by atoms with E-state index in [-0.39, 0.29) is 55.1 Å². The molecule has 8 nitrogen and oxygen atoms in total.